The summed E-state index contributed by atoms with van der Waals surface area (Å²) in [5.74, 6) is -0.185. The molecule has 0 aliphatic carbocycles. The molecule has 0 heterocycles. The lowest BCUT2D eigenvalue weighted by Crippen LogP contribution is -2.31. The van der Waals surface area contributed by atoms with Crippen LogP contribution in [0.25, 0.3) is 0 Å². The molecular formula is C18H21ClN2O3S. The van der Waals surface area contributed by atoms with E-state index in [-0.39, 0.29) is 28.8 Å². The van der Waals surface area contributed by atoms with Crippen LogP contribution in [0.5, 0.6) is 0 Å². The Hall–Kier alpha value is -1.89. The fourth-order valence-corrected chi connectivity index (χ4v) is 3.84. The first-order chi connectivity index (χ1) is 12.0. The fourth-order valence-electron chi connectivity index (χ4n) is 2.29. The highest BCUT2D eigenvalue weighted by Crippen LogP contribution is 2.19. The third kappa shape index (κ3) is 6.49. The summed E-state index contributed by atoms with van der Waals surface area (Å²) in [6.07, 6.45) is 1.80. The molecule has 2 rings (SSSR count). The van der Waals surface area contributed by atoms with Gasteiger partial charge in [0.15, 0.2) is 0 Å². The fraction of sp³-hybridized carbons (Fsp3) is 0.278. The molecule has 0 spiro atoms. The van der Waals surface area contributed by atoms with Gasteiger partial charge in [0.1, 0.15) is 4.90 Å². The lowest BCUT2D eigenvalue weighted by atomic mass is 10.1. The number of rotatable bonds is 9. The van der Waals surface area contributed by atoms with Crippen LogP contribution in [0, 0.1) is 0 Å². The van der Waals surface area contributed by atoms with Gasteiger partial charge in [0.2, 0.25) is 15.9 Å². The Morgan fingerprint density at radius 1 is 0.960 bits per heavy atom. The Balaban J connectivity index is 1.67. The van der Waals surface area contributed by atoms with E-state index in [9.17, 15) is 13.2 Å². The number of halogens is 1. The average molecular weight is 381 g/mol. The second-order valence-electron chi connectivity index (χ2n) is 5.52. The Labute approximate surface area is 153 Å². The first-order valence-electron chi connectivity index (χ1n) is 8.04. The van der Waals surface area contributed by atoms with Crippen LogP contribution < -0.4 is 10.0 Å². The van der Waals surface area contributed by atoms with E-state index in [0.717, 1.165) is 12.8 Å². The summed E-state index contributed by atoms with van der Waals surface area (Å²) in [6, 6.07) is 16.2. The molecule has 2 aromatic carbocycles. The lowest BCUT2D eigenvalue weighted by Gasteiger charge is -2.09. The third-order valence-corrected chi connectivity index (χ3v) is 5.54. The zero-order valence-corrected chi connectivity index (χ0v) is 15.3. The van der Waals surface area contributed by atoms with Gasteiger partial charge in [0, 0.05) is 19.5 Å². The highest BCUT2D eigenvalue weighted by molar-refractivity contribution is 7.89. The highest BCUT2D eigenvalue weighted by Gasteiger charge is 2.17. The number of hydrogen-bond acceptors (Lipinski definition) is 3. The van der Waals surface area contributed by atoms with Crippen molar-refractivity contribution in [2.75, 3.05) is 13.1 Å². The van der Waals surface area contributed by atoms with Crippen LogP contribution in [0.1, 0.15) is 18.4 Å². The number of amides is 1. The van der Waals surface area contributed by atoms with Crippen molar-refractivity contribution in [3.63, 3.8) is 0 Å². The van der Waals surface area contributed by atoms with Gasteiger partial charge in [-0.05, 0) is 30.5 Å². The van der Waals surface area contributed by atoms with Gasteiger partial charge < -0.3 is 5.32 Å². The summed E-state index contributed by atoms with van der Waals surface area (Å²) in [5.41, 5.74) is 1.23. The molecule has 0 fully saturated rings. The normalized spacial score (nSPS) is 11.2. The van der Waals surface area contributed by atoms with Crippen molar-refractivity contribution in [2.24, 2.45) is 0 Å². The summed E-state index contributed by atoms with van der Waals surface area (Å²) in [6.45, 7) is 0.586. The van der Waals surface area contributed by atoms with Gasteiger partial charge in [-0.3, -0.25) is 4.79 Å². The molecule has 0 aromatic heterocycles. The number of aryl methyl sites for hydroxylation is 1. The summed E-state index contributed by atoms with van der Waals surface area (Å²) in [4.78, 5) is 11.8. The van der Waals surface area contributed by atoms with Crippen LogP contribution in [0.15, 0.2) is 59.5 Å². The van der Waals surface area contributed by atoms with Crippen LogP contribution >= 0.6 is 11.6 Å². The molecule has 7 heteroatoms. The van der Waals surface area contributed by atoms with Gasteiger partial charge in [-0.1, -0.05) is 54.1 Å². The van der Waals surface area contributed by atoms with E-state index in [1.54, 1.807) is 12.1 Å². The number of carbonyl (C=O) groups excluding carboxylic acids is 1. The molecular weight excluding hydrogens is 360 g/mol. The second kappa shape index (κ2) is 9.56. The molecule has 2 N–H and O–H groups in total. The zero-order chi connectivity index (χ0) is 18.1. The molecule has 0 aliphatic rings. The topological polar surface area (TPSA) is 75.3 Å². The molecule has 1 amide bonds. The van der Waals surface area contributed by atoms with Gasteiger partial charge in [0.05, 0.1) is 5.02 Å². The van der Waals surface area contributed by atoms with Gasteiger partial charge >= 0.3 is 0 Å². The molecule has 0 saturated heterocycles. The van der Waals surface area contributed by atoms with Crippen molar-refractivity contribution in [2.45, 2.75) is 24.2 Å². The van der Waals surface area contributed by atoms with E-state index >= 15 is 0 Å². The molecule has 0 bridgehead atoms. The summed E-state index contributed by atoms with van der Waals surface area (Å²) >= 11 is 5.89. The first-order valence-corrected chi connectivity index (χ1v) is 9.90. The van der Waals surface area contributed by atoms with E-state index in [0.29, 0.717) is 6.54 Å². The minimum Gasteiger partial charge on any atom is -0.356 e. The van der Waals surface area contributed by atoms with Crippen LogP contribution in [0.4, 0.5) is 0 Å². The maximum atomic E-state index is 12.1. The molecule has 25 heavy (non-hydrogen) atoms. The number of benzene rings is 2. The van der Waals surface area contributed by atoms with Crippen molar-refractivity contribution >= 4 is 27.5 Å². The van der Waals surface area contributed by atoms with Crippen LogP contribution in [0.3, 0.4) is 0 Å². The third-order valence-electron chi connectivity index (χ3n) is 3.58. The van der Waals surface area contributed by atoms with Gasteiger partial charge in [-0.2, -0.15) is 0 Å². The quantitative estimate of drug-likeness (QED) is 0.657. The van der Waals surface area contributed by atoms with E-state index in [4.69, 9.17) is 11.6 Å². The average Bonchev–Trinajstić information content (AvgIpc) is 2.60. The second-order valence-corrected chi connectivity index (χ2v) is 7.66. The van der Waals surface area contributed by atoms with Crippen molar-refractivity contribution in [1.82, 2.24) is 10.0 Å². The number of nitrogens with one attached hydrogen (secondary N) is 2. The van der Waals surface area contributed by atoms with Gasteiger partial charge in [-0.25, -0.2) is 13.1 Å². The van der Waals surface area contributed by atoms with Gasteiger partial charge in [0.25, 0.3) is 0 Å². The molecule has 0 saturated carbocycles. The number of hydrogen-bond donors (Lipinski definition) is 2. The van der Waals surface area contributed by atoms with Gasteiger partial charge in [-0.15, -0.1) is 0 Å². The molecule has 0 unspecified atom stereocenters. The SMILES string of the molecule is O=C(CCNS(=O)(=O)c1ccccc1Cl)NCCCc1ccccc1. The Bertz CT molecular complexity index is 795. The predicted octanol–water partition coefficient (Wildman–Crippen LogP) is 2.76. The van der Waals surface area contributed by atoms with Crippen molar-refractivity contribution in [3.05, 3.63) is 65.2 Å². The monoisotopic (exact) mass is 380 g/mol. The van der Waals surface area contributed by atoms with E-state index in [2.05, 4.69) is 10.0 Å². The van der Waals surface area contributed by atoms with E-state index < -0.39 is 10.0 Å². The summed E-state index contributed by atoms with van der Waals surface area (Å²) < 4.78 is 26.6. The van der Waals surface area contributed by atoms with Crippen molar-refractivity contribution < 1.29 is 13.2 Å². The van der Waals surface area contributed by atoms with Crippen molar-refractivity contribution in [1.29, 1.82) is 0 Å². The standard InChI is InChI=1S/C18H21ClN2O3S/c19-16-10-4-5-11-17(16)25(23,24)21-14-12-18(22)20-13-6-9-15-7-2-1-3-8-15/h1-5,7-8,10-11,21H,6,9,12-14H2,(H,20,22). The number of carbonyl (C=O) groups is 1. The highest BCUT2D eigenvalue weighted by atomic mass is 35.5. The Morgan fingerprint density at radius 2 is 1.64 bits per heavy atom. The van der Waals surface area contributed by atoms with Crippen molar-refractivity contribution in [3.8, 4) is 0 Å². The van der Waals surface area contributed by atoms with Crippen LogP contribution in [0.2, 0.25) is 5.02 Å². The first kappa shape index (κ1) is 19.4. The lowest BCUT2D eigenvalue weighted by molar-refractivity contribution is -0.120. The zero-order valence-electron chi connectivity index (χ0n) is 13.7. The molecule has 0 aliphatic heterocycles. The van der Waals surface area contributed by atoms with E-state index in [1.807, 2.05) is 30.3 Å². The molecule has 0 radical (unpaired) electrons. The Morgan fingerprint density at radius 3 is 2.36 bits per heavy atom. The largest absolute Gasteiger partial charge is 0.356 e. The summed E-state index contributed by atoms with van der Waals surface area (Å²) in [7, 11) is -3.71. The Kier molecular flexibility index (Phi) is 7.43. The van der Waals surface area contributed by atoms with Crippen LogP contribution in [-0.4, -0.2) is 27.4 Å². The summed E-state index contributed by atoms with van der Waals surface area (Å²) in [5, 5.41) is 2.94. The minimum atomic E-state index is -3.71. The number of sulfonamides is 1. The van der Waals surface area contributed by atoms with Crippen LogP contribution in [-0.2, 0) is 21.2 Å². The maximum Gasteiger partial charge on any atom is 0.242 e. The minimum absolute atomic E-state index is 0.0138. The smallest absolute Gasteiger partial charge is 0.242 e. The molecule has 0 atom stereocenters. The maximum absolute atomic E-state index is 12.1. The molecule has 134 valence electrons. The molecule has 5 nitrogen and oxygen atoms in total. The van der Waals surface area contributed by atoms with E-state index in [1.165, 1.54) is 17.7 Å². The molecule has 2 aromatic rings. The predicted molar refractivity (Wildman–Crippen MR) is 99.0 cm³/mol.